The number of aldehydes is 1. The number of allylic oxidation sites excluding steroid dienone is 1. The Morgan fingerprint density at radius 2 is 1.95 bits per heavy atom. The Labute approximate surface area is 228 Å². The van der Waals surface area contributed by atoms with Crippen molar-refractivity contribution >= 4 is 12.3 Å². The average Bonchev–Trinajstić information content (AvgIpc) is 3.64. The molecule has 4 bridgehead atoms. The normalized spacial score (nSPS) is 47.4. The van der Waals surface area contributed by atoms with Crippen molar-refractivity contribution in [3.8, 4) is 0 Å². The fraction of sp³-hybridized carbons (Fsp3) is 0.875. The summed E-state index contributed by atoms with van der Waals surface area (Å²) in [6.07, 6.45) is 12.2. The van der Waals surface area contributed by atoms with E-state index in [9.17, 15) is 14.7 Å². The Hall–Kier alpha value is -1.24. The van der Waals surface area contributed by atoms with E-state index < -0.39 is 22.2 Å². The average molecular weight is 528 g/mol. The molecule has 0 aromatic carbocycles. The molecule has 6 unspecified atom stereocenters. The summed E-state index contributed by atoms with van der Waals surface area (Å²) >= 11 is 0. The molecule has 2 saturated heterocycles. The number of carboxylic acids is 1. The van der Waals surface area contributed by atoms with Gasteiger partial charge in [-0.25, -0.2) is 0 Å². The van der Waals surface area contributed by atoms with Gasteiger partial charge in [0.1, 0.15) is 11.7 Å². The molecule has 6 aliphatic rings. The number of aliphatic carboxylic acids is 1. The van der Waals surface area contributed by atoms with Crippen molar-refractivity contribution in [2.45, 2.75) is 103 Å². The topological polar surface area (TPSA) is 76.1 Å². The molecule has 0 aromatic rings. The number of rotatable bonds is 8. The van der Waals surface area contributed by atoms with E-state index in [1.165, 1.54) is 0 Å². The van der Waals surface area contributed by atoms with Gasteiger partial charge in [-0.15, -0.1) is 0 Å². The minimum absolute atomic E-state index is 0.0130. The van der Waals surface area contributed by atoms with Crippen LogP contribution in [-0.2, 0) is 19.1 Å². The molecule has 4 aliphatic carbocycles. The predicted octanol–water partition coefficient (Wildman–Crippen LogP) is 5.35. The number of methoxy groups -OCH3 is 1. The van der Waals surface area contributed by atoms with Crippen LogP contribution in [0.3, 0.4) is 0 Å². The third-order valence-corrected chi connectivity index (χ3v) is 13.0. The SMILES string of the molecule is CCC1(OC)CCN(CC2CCC(C34C[C@@H]5[C@H](C)CC[C@H]5C5(C=O)CC3C=C(C(C)C)C45C(=O)O)O2)CC1. The first kappa shape index (κ1) is 27.0. The molecule has 9 atom stereocenters. The lowest BCUT2D eigenvalue weighted by molar-refractivity contribution is -0.197. The van der Waals surface area contributed by atoms with Crippen LogP contribution in [0.15, 0.2) is 11.6 Å². The molecule has 0 amide bonds. The lowest BCUT2D eigenvalue weighted by atomic mass is 9.41. The summed E-state index contributed by atoms with van der Waals surface area (Å²) in [7, 11) is 1.84. The second-order valence-corrected chi connectivity index (χ2v) is 14.2. The predicted molar refractivity (Wildman–Crippen MR) is 146 cm³/mol. The first-order valence-electron chi connectivity index (χ1n) is 15.5. The molecule has 0 radical (unpaired) electrons. The van der Waals surface area contributed by atoms with Crippen molar-refractivity contribution < 1.29 is 24.2 Å². The number of carbonyl (C=O) groups is 2. The second kappa shape index (κ2) is 9.14. The van der Waals surface area contributed by atoms with Gasteiger partial charge in [-0.05, 0) is 81.0 Å². The maximum absolute atomic E-state index is 13.7. The summed E-state index contributed by atoms with van der Waals surface area (Å²) in [6.45, 7) is 11.8. The number of piperidine rings is 1. The van der Waals surface area contributed by atoms with E-state index in [4.69, 9.17) is 9.47 Å². The fourth-order valence-corrected chi connectivity index (χ4v) is 11.2. The lowest BCUT2D eigenvalue weighted by Gasteiger charge is -2.60. The zero-order valence-electron chi connectivity index (χ0n) is 24.2. The molecule has 5 fully saturated rings. The van der Waals surface area contributed by atoms with Crippen LogP contribution in [-0.4, -0.2) is 66.8 Å². The highest BCUT2D eigenvalue weighted by Crippen LogP contribution is 2.84. The molecule has 6 nitrogen and oxygen atoms in total. The zero-order chi connectivity index (χ0) is 27.1. The highest BCUT2D eigenvalue weighted by atomic mass is 16.5. The molecule has 38 heavy (non-hydrogen) atoms. The lowest BCUT2D eigenvalue weighted by Crippen LogP contribution is -2.65. The van der Waals surface area contributed by atoms with Crippen LogP contribution in [0.25, 0.3) is 0 Å². The summed E-state index contributed by atoms with van der Waals surface area (Å²) < 4.78 is 12.9. The monoisotopic (exact) mass is 527 g/mol. The van der Waals surface area contributed by atoms with Gasteiger partial charge in [0, 0.05) is 32.2 Å². The van der Waals surface area contributed by atoms with Gasteiger partial charge >= 0.3 is 5.97 Å². The third-order valence-electron chi connectivity index (χ3n) is 13.0. The number of carboxylic acid groups (broad SMARTS) is 1. The molecular formula is C32H49NO5. The van der Waals surface area contributed by atoms with E-state index in [-0.39, 0.29) is 35.6 Å². The van der Waals surface area contributed by atoms with Gasteiger partial charge in [-0.2, -0.15) is 0 Å². The molecule has 212 valence electrons. The van der Waals surface area contributed by atoms with Crippen molar-refractivity contribution in [3.63, 3.8) is 0 Å². The van der Waals surface area contributed by atoms with Gasteiger partial charge in [-0.3, -0.25) is 4.79 Å². The summed E-state index contributed by atoms with van der Waals surface area (Å²) in [6, 6.07) is 0. The van der Waals surface area contributed by atoms with Crippen molar-refractivity contribution in [1.29, 1.82) is 0 Å². The number of nitrogens with zero attached hydrogens (tertiary/aromatic N) is 1. The Morgan fingerprint density at radius 1 is 1.21 bits per heavy atom. The molecule has 2 heterocycles. The van der Waals surface area contributed by atoms with E-state index in [1.54, 1.807) is 0 Å². The maximum Gasteiger partial charge on any atom is 0.315 e. The Bertz CT molecular complexity index is 994. The van der Waals surface area contributed by atoms with Gasteiger partial charge in [0.05, 0.1) is 23.2 Å². The smallest absolute Gasteiger partial charge is 0.315 e. The number of hydrogen-bond donors (Lipinski definition) is 1. The Kier molecular flexibility index (Phi) is 6.48. The van der Waals surface area contributed by atoms with Gasteiger partial charge in [0.25, 0.3) is 0 Å². The van der Waals surface area contributed by atoms with E-state index in [0.29, 0.717) is 18.3 Å². The van der Waals surface area contributed by atoms with Crippen molar-refractivity contribution in [2.75, 3.05) is 26.7 Å². The van der Waals surface area contributed by atoms with Crippen LogP contribution in [0, 0.1) is 45.8 Å². The van der Waals surface area contributed by atoms with Crippen LogP contribution in [0.2, 0.25) is 0 Å². The second-order valence-electron chi connectivity index (χ2n) is 14.2. The van der Waals surface area contributed by atoms with Crippen LogP contribution >= 0.6 is 0 Å². The minimum Gasteiger partial charge on any atom is -0.481 e. The number of ether oxygens (including phenoxy) is 2. The summed E-state index contributed by atoms with van der Waals surface area (Å²) in [5, 5.41) is 11.3. The van der Waals surface area contributed by atoms with Crippen LogP contribution in [0.4, 0.5) is 0 Å². The number of likely N-dealkylation sites (tertiary alicyclic amines) is 1. The number of fused-ring (bicyclic) bond motifs is 2. The van der Waals surface area contributed by atoms with Crippen molar-refractivity contribution in [3.05, 3.63) is 11.6 Å². The molecule has 0 aromatic heterocycles. The highest BCUT2D eigenvalue weighted by molar-refractivity contribution is 5.90. The quantitative estimate of drug-likeness (QED) is 0.339. The summed E-state index contributed by atoms with van der Waals surface area (Å²) in [4.78, 5) is 29.6. The van der Waals surface area contributed by atoms with Crippen LogP contribution < -0.4 is 0 Å². The molecule has 6 heteroatoms. The Balaban J connectivity index is 1.32. The zero-order valence-corrected chi connectivity index (χ0v) is 24.2. The van der Waals surface area contributed by atoms with Crippen molar-refractivity contribution in [2.24, 2.45) is 45.8 Å². The highest BCUT2D eigenvalue weighted by Gasteiger charge is 2.86. The number of hydrogen-bond acceptors (Lipinski definition) is 5. The van der Waals surface area contributed by atoms with Gasteiger partial charge in [0.2, 0.25) is 0 Å². The molecule has 6 rings (SSSR count). The number of carbonyl (C=O) groups excluding carboxylic acids is 1. The Morgan fingerprint density at radius 3 is 2.55 bits per heavy atom. The molecule has 3 saturated carbocycles. The molecule has 2 aliphatic heterocycles. The van der Waals surface area contributed by atoms with E-state index in [0.717, 1.165) is 82.9 Å². The first-order valence-corrected chi connectivity index (χ1v) is 15.5. The van der Waals surface area contributed by atoms with Gasteiger partial charge in [0.15, 0.2) is 0 Å². The molecule has 1 N–H and O–H groups in total. The largest absolute Gasteiger partial charge is 0.481 e. The first-order chi connectivity index (χ1) is 18.1. The van der Waals surface area contributed by atoms with E-state index in [2.05, 4.69) is 38.7 Å². The maximum atomic E-state index is 13.7. The standard InChI is InChI=1S/C32H49NO5/c1-6-29(37-5)11-13-33(14-12-29)18-23-8-10-27(38-23)31-17-24-21(4)7-9-25(24)30(19-34)16-22(31)15-26(20(2)3)32(30,31)28(35)36/h15,19-25,27H,6-14,16-18H2,1-5H3,(H,35,36)/t21-,22?,23?,24-,25-,27?,30?,31?,32?/m1/s1. The van der Waals surface area contributed by atoms with Gasteiger partial charge < -0.3 is 24.3 Å². The van der Waals surface area contributed by atoms with E-state index >= 15 is 0 Å². The minimum atomic E-state index is -1.13. The van der Waals surface area contributed by atoms with Gasteiger partial charge in [-0.1, -0.05) is 45.8 Å². The molecule has 0 spiro atoms. The fourth-order valence-electron chi connectivity index (χ4n) is 11.2. The van der Waals surface area contributed by atoms with Crippen LogP contribution in [0.1, 0.15) is 85.5 Å². The van der Waals surface area contributed by atoms with Crippen LogP contribution in [0.5, 0.6) is 0 Å². The van der Waals surface area contributed by atoms with E-state index in [1.807, 2.05) is 7.11 Å². The summed E-state index contributed by atoms with van der Waals surface area (Å²) in [5.41, 5.74) is -1.41. The third kappa shape index (κ3) is 3.17. The summed E-state index contributed by atoms with van der Waals surface area (Å²) in [5.74, 6) is 0.590. The van der Waals surface area contributed by atoms with Crippen molar-refractivity contribution in [1.82, 2.24) is 4.90 Å². The molecular weight excluding hydrogens is 478 g/mol.